The predicted octanol–water partition coefficient (Wildman–Crippen LogP) is 5.01. The number of hydrogen-bond acceptors (Lipinski definition) is 4. The van der Waals surface area contributed by atoms with Gasteiger partial charge in [0.25, 0.3) is 0 Å². The van der Waals surface area contributed by atoms with E-state index in [4.69, 9.17) is 9.05 Å². The highest BCUT2D eigenvalue weighted by atomic mass is 31.2. The standard InChI is InChI=1S/C20H26NO3P/c1-3-23-25(22,24-4-2)20-19-13-9-8-12-18(19)14-15-21(20)16-17-10-6-5-7-11-17/h5-13,20H,3-4,14-16H2,1-2H3. The van der Waals surface area contributed by atoms with Gasteiger partial charge in [0.15, 0.2) is 0 Å². The number of fused-ring (bicyclic) bond motifs is 1. The Hall–Kier alpha value is -1.45. The maximum absolute atomic E-state index is 13.6. The Morgan fingerprint density at radius 2 is 1.64 bits per heavy atom. The molecular weight excluding hydrogens is 333 g/mol. The Bertz CT molecular complexity index is 725. The molecule has 0 radical (unpaired) electrons. The third-order valence-corrected chi connectivity index (χ3v) is 6.93. The molecule has 0 saturated carbocycles. The molecule has 134 valence electrons. The number of rotatable bonds is 7. The van der Waals surface area contributed by atoms with Crippen LogP contribution in [0.2, 0.25) is 0 Å². The van der Waals surface area contributed by atoms with Crippen LogP contribution in [0, 0.1) is 0 Å². The number of nitrogens with zero attached hydrogens (tertiary/aromatic N) is 1. The van der Waals surface area contributed by atoms with E-state index < -0.39 is 7.60 Å². The monoisotopic (exact) mass is 359 g/mol. The fourth-order valence-corrected chi connectivity index (χ4v) is 5.76. The average Bonchev–Trinajstić information content (AvgIpc) is 2.62. The van der Waals surface area contributed by atoms with Crippen molar-refractivity contribution >= 4 is 7.60 Å². The van der Waals surface area contributed by atoms with Gasteiger partial charge in [-0.15, -0.1) is 0 Å². The van der Waals surface area contributed by atoms with Crippen LogP contribution in [0.5, 0.6) is 0 Å². The molecule has 1 heterocycles. The predicted molar refractivity (Wildman–Crippen MR) is 101 cm³/mol. The fraction of sp³-hybridized carbons (Fsp3) is 0.400. The highest BCUT2D eigenvalue weighted by molar-refractivity contribution is 7.54. The van der Waals surface area contributed by atoms with Crippen molar-refractivity contribution in [2.45, 2.75) is 32.6 Å². The van der Waals surface area contributed by atoms with E-state index in [1.165, 1.54) is 11.1 Å². The number of hydrogen-bond donors (Lipinski definition) is 0. The van der Waals surface area contributed by atoms with Gasteiger partial charge in [0.2, 0.25) is 0 Å². The molecule has 5 heteroatoms. The summed E-state index contributed by atoms with van der Waals surface area (Å²) in [5.74, 6) is -0.363. The van der Waals surface area contributed by atoms with Crippen molar-refractivity contribution in [1.29, 1.82) is 0 Å². The molecule has 1 aliphatic rings. The second-order valence-electron chi connectivity index (χ2n) is 6.15. The minimum Gasteiger partial charge on any atom is -0.308 e. The lowest BCUT2D eigenvalue weighted by atomic mass is 9.99. The molecule has 0 amide bonds. The van der Waals surface area contributed by atoms with Gasteiger partial charge in [-0.1, -0.05) is 54.6 Å². The van der Waals surface area contributed by atoms with Crippen LogP contribution in [0.3, 0.4) is 0 Å². The molecule has 1 aliphatic heterocycles. The van der Waals surface area contributed by atoms with E-state index in [2.05, 4.69) is 29.2 Å². The van der Waals surface area contributed by atoms with Crippen molar-refractivity contribution in [1.82, 2.24) is 4.90 Å². The van der Waals surface area contributed by atoms with Crippen LogP contribution in [-0.4, -0.2) is 24.7 Å². The second kappa shape index (κ2) is 8.29. The topological polar surface area (TPSA) is 38.8 Å². The Balaban J connectivity index is 2.00. The molecule has 0 aliphatic carbocycles. The van der Waals surface area contributed by atoms with Crippen molar-refractivity contribution in [3.8, 4) is 0 Å². The molecule has 3 rings (SSSR count). The Labute approximate surface area is 150 Å². The van der Waals surface area contributed by atoms with Crippen molar-refractivity contribution in [3.63, 3.8) is 0 Å². The summed E-state index contributed by atoms with van der Waals surface area (Å²) in [4.78, 5) is 2.24. The molecule has 2 aromatic rings. The van der Waals surface area contributed by atoms with Crippen LogP contribution in [0.25, 0.3) is 0 Å². The smallest absolute Gasteiger partial charge is 0.308 e. The molecule has 4 nitrogen and oxygen atoms in total. The minimum absolute atomic E-state index is 0.363. The minimum atomic E-state index is -3.29. The summed E-state index contributed by atoms with van der Waals surface area (Å²) in [5, 5.41) is 0. The second-order valence-corrected chi connectivity index (χ2v) is 8.24. The molecule has 1 atom stereocenters. The highest BCUT2D eigenvalue weighted by Gasteiger charge is 2.43. The fourth-order valence-electron chi connectivity index (χ4n) is 3.49. The molecule has 0 fully saturated rings. The summed E-state index contributed by atoms with van der Waals surface area (Å²) in [6.45, 7) is 6.03. The van der Waals surface area contributed by atoms with Crippen LogP contribution >= 0.6 is 7.60 Å². The SMILES string of the molecule is CCOP(=O)(OCC)C1c2ccccc2CCN1Cc1ccccc1. The largest absolute Gasteiger partial charge is 0.352 e. The summed E-state index contributed by atoms with van der Waals surface area (Å²) in [6.07, 6.45) is 0.942. The summed E-state index contributed by atoms with van der Waals surface area (Å²) in [6, 6.07) is 18.5. The third kappa shape index (κ3) is 4.04. The van der Waals surface area contributed by atoms with Gasteiger partial charge in [0.1, 0.15) is 5.78 Å². The van der Waals surface area contributed by atoms with Crippen LogP contribution < -0.4 is 0 Å². The van der Waals surface area contributed by atoms with Gasteiger partial charge in [-0.05, 0) is 37.0 Å². The van der Waals surface area contributed by atoms with E-state index in [-0.39, 0.29) is 5.78 Å². The van der Waals surface area contributed by atoms with E-state index in [0.29, 0.717) is 13.2 Å². The maximum atomic E-state index is 13.6. The molecule has 2 aromatic carbocycles. The van der Waals surface area contributed by atoms with Gasteiger partial charge in [-0.25, -0.2) is 0 Å². The van der Waals surface area contributed by atoms with Crippen LogP contribution in [0.4, 0.5) is 0 Å². The van der Waals surface area contributed by atoms with Gasteiger partial charge in [0.05, 0.1) is 13.2 Å². The summed E-state index contributed by atoms with van der Waals surface area (Å²) in [7, 11) is -3.29. The average molecular weight is 359 g/mol. The van der Waals surface area contributed by atoms with Crippen molar-refractivity contribution in [2.75, 3.05) is 19.8 Å². The van der Waals surface area contributed by atoms with Crippen LogP contribution in [0.1, 0.15) is 36.3 Å². The molecule has 0 spiro atoms. The van der Waals surface area contributed by atoms with Gasteiger partial charge in [-0.2, -0.15) is 0 Å². The first-order valence-electron chi connectivity index (χ1n) is 8.92. The van der Waals surface area contributed by atoms with E-state index in [1.54, 1.807) is 0 Å². The Morgan fingerprint density at radius 3 is 2.32 bits per heavy atom. The lowest BCUT2D eigenvalue weighted by Gasteiger charge is -2.40. The lowest BCUT2D eigenvalue weighted by Crippen LogP contribution is -2.35. The van der Waals surface area contributed by atoms with E-state index >= 15 is 0 Å². The molecule has 0 aromatic heterocycles. The lowest BCUT2D eigenvalue weighted by molar-refractivity contribution is 0.152. The van der Waals surface area contributed by atoms with Crippen molar-refractivity contribution in [2.24, 2.45) is 0 Å². The van der Waals surface area contributed by atoms with Gasteiger partial charge >= 0.3 is 7.60 Å². The first-order valence-corrected chi connectivity index (χ1v) is 10.5. The molecule has 1 unspecified atom stereocenters. The van der Waals surface area contributed by atoms with E-state index in [9.17, 15) is 4.57 Å². The van der Waals surface area contributed by atoms with Gasteiger partial charge in [0, 0.05) is 13.1 Å². The Kier molecular flexibility index (Phi) is 6.08. The first-order chi connectivity index (χ1) is 12.2. The van der Waals surface area contributed by atoms with Crippen molar-refractivity contribution in [3.05, 3.63) is 71.3 Å². The van der Waals surface area contributed by atoms with E-state index in [1.807, 2.05) is 44.2 Å². The molecule has 25 heavy (non-hydrogen) atoms. The van der Waals surface area contributed by atoms with Crippen LogP contribution in [-0.2, 0) is 26.6 Å². The zero-order chi connectivity index (χ0) is 17.7. The van der Waals surface area contributed by atoms with Crippen LogP contribution in [0.15, 0.2) is 54.6 Å². The normalized spacial score (nSPS) is 18.1. The first kappa shape index (κ1) is 18.3. The van der Waals surface area contributed by atoms with Crippen molar-refractivity contribution < 1.29 is 13.6 Å². The van der Waals surface area contributed by atoms with E-state index in [0.717, 1.165) is 25.1 Å². The molecular formula is C20H26NO3P. The highest BCUT2D eigenvalue weighted by Crippen LogP contribution is 2.63. The maximum Gasteiger partial charge on any atom is 0.352 e. The zero-order valence-corrected chi connectivity index (χ0v) is 15.8. The molecule has 0 N–H and O–H groups in total. The summed E-state index contributed by atoms with van der Waals surface area (Å²) >= 11 is 0. The summed E-state index contributed by atoms with van der Waals surface area (Å²) < 4.78 is 25.1. The molecule has 0 bridgehead atoms. The third-order valence-electron chi connectivity index (χ3n) is 4.49. The van der Waals surface area contributed by atoms with Gasteiger partial charge < -0.3 is 9.05 Å². The summed E-state index contributed by atoms with van der Waals surface area (Å²) in [5.41, 5.74) is 3.50. The zero-order valence-electron chi connectivity index (χ0n) is 14.9. The van der Waals surface area contributed by atoms with Gasteiger partial charge in [-0.3, -0.25) is 9.46 Å². The Morgan fingerprint density at radius 1 is 1.00 bits per heavy atom. The quantitative estimate of drug-likeness (QED) is 0.652. The molecule has 0 saturated heterocycles. The number of benzene rings is 2.